The molecule has 2 aromatic heterocycles. The van der Waals surface area contributed by atoms with Crippen LogP contribution in [0.5, 0.6) is 0 Å². The van der Waals surface area contributed by atoms with E-state index in [1.54, 1.807) is 0 Å². The maximum absolute atomic E-state index is 4.53. The van der Waals surface area contributed by atoms with Crippen molar-refractivity contribution in [2.24, 2.45) is 0 Å². The summed E-state index contributed by atoms with van der Waals surface area (Å²) in [5, 5.41) is 0. The summed E-state index contributed by atoms with van der Waals surface area (Å²) < 4.78 is 2.27. The highest BCUT2D eigenvalue weighted by Gasteiger charge is 2.19. The largest absolute Gasteiger partial charge is 0.331 e. The minimum absolute atomic E-state index is 0.473. The minimum atomic E-state index is 0.473. The van der Waals surface area contributed by atoms with Crippen LogP contribution in [0.15, 0.2) is 30.7 Å². The Morgan fingerprint density at radius 1 is 1.00 bits per heavy atom. The molecule has 0 bridgehead atoms. The lowest BCUT2D eigenvalue weighted by atomic mass is 10.2. The average molecular weight is 313 g/mol. The monoisotopic (exact) mass is 313 g/mol. The molecule has 0 aromatic carbocycles. The predicted octanol–water partition coefficient (Wildman–Crippen LogP) is 2.49. The highest BCUT2D eigenvalue weighted by molar-refractivity contribution is 5.17. The first-order valence-electron chi connectivity index (χ1n) is 8.50. The Hall–Kier alpha value is -1.72. The van der Waals surface area contributed by atoms with E-state index in [0.717, 1.165) is 39.3 Å². The molecule has 0 N–H and O–H groups in total. The number of piperazine rings is 1. The van der Waals surface area contributed by atoms with Crippen molar-refractivity contribution < 1.29 is 0 Å². The van der Waals surface area contributed by atoms with Crippen LogP contribution in [0, 0.1) is 6.92 Å². The van der Waals surface area contributed by atoms with E-state index in [1.165, 1.54) is 17.1 Å². The first kappa shape index (κ1) is 16.1. The van der Waals surface area contributed by atoms with Gasteiger partial charge < -0.3 is 4.57 Å². The van der Waals surface area contributed by atoms with Gasteiger partial charge in [-0.25, -0.2) is 4.98 Å². The number of imidazole rings is 1. The normalized spacial score (nSPS) is 17.0. The molecule has 1 aliphatic heterocycles. The van der Waals surface area contributed by atoms with Crippen LogP contribution in [0.25, 0.3) is 0 Å². The van der Waals surface area contributed by atoms with Gasteiger partial charge in [-0.15, -0.1) is 0 Å². The molecule has 5 nitrogen and oxygen atoms in total. The summed E-state index contributed by atoms with van der Waals surface area (Å²) in [6, 6.07) is 4.62. The minimum Gasteiger partial charge on any atom is -0.331 e. The molecule has 0 atom stereocenters. The second-order valence-electron chi connectivity index (χ2n) is 6.66. The van der Waals surface area contributed by atoms with E-state index < -0.39 is 0 Å². The van der Waals surface area contributed by atoms with Gasteiger partial charge in [0.15, 0.2) is 0 Å². The zero-order chi connectivity index (χ0) is 16.2. The number of nitrogens with zero attached hydrogens (tertiary/aromatic N) is 5. The molecule has 1 saturated heterocycles. The molecule has 0 saturated carbocycles. The summed E-state index contributed by atoms with van der Waals surface area (Å²) in [6.07, 6.45) is 5.89. The number of hydrogen-bond donors (Lipinski definition) is 0. The maximum Gasteiger partial charge on any atom is 0.123 e. The van der Waals surface area contributed by atoms with Crippen LogP contribution in [0.1, 0.15) is 37.0 Å². The Balaban J connectivity index is 1.52. The molecule has 0 unspecified atom stereocenters. The zero-order valence-electron chi connectivity index (χ0n) is 14.4. The molecule has 124 valence electrons. The lowest BCUT2D eigenvalue weighted by Gasteiger charge is -2.34. The second-order valence-corrected chi connectivity index (χ2v) is 6.66. The highest BCUT2D eigenvalue weighted by atomic mass is 15.3. The quantitative estimate of drug-likeness (QED) is 0.850. The van der Waals surface area contributed by atoms with Gasteiger partial charge in [-0.3, -0.25) is 14.8 Å². The van der Waals surface area contributed by atoms with Crippen LogP contribution in [0.4, 0.5) is 0 Å². The van der Waals surface area contributed by atoms with E-state index in [-0.39, 0.29) is 0 Å². The smallest absolute Gasteiger partial charge is 0.123 e. The molecule has 3 rings (SSSR count). The first-order valence-corrected chi connectivity index (χ1v) is 8.50. The number of hydrogen-bond acceptors (Lipinski definition) is 4. The third kappa shape index (κ3) is 3.98. The van der Waals surface area contributed by atoms with E-state index in [2.05, 4.69) is 57.4 Å². The van der Waals surface area contributed by atoms with Crippen molar-refractivity contribution in [3.63, 3.8) is 0 Å². The second kappa shape index (κ2) is 7.23. The summed E-state index contributed by atoms with van der Waals surface area (Å²) in [4.78, 5) is 14.0. The molecule has 5 heteroatoms. The zero-order valence-corrected chi connectivity index (χ0v) is 14.4. The molecule has 2 aromatic rings. The van der Waals surface area contributed by atoms with Crippen molar-refractivity contribution in [3.8, 4) is 0 Å². The molecular weight excluding hydrogens is 286 g/mol. The number of aromatic nitrogens is 3. The van der Waals surface area contributed by atoms with Gasteiger partial charge in [0.25, 0.3) is 0 Å². The van der Waals surface area contributed by atoms with Crippen molar-refractivity contribution >= 4 is 0 Å². The summed E-state index contributed by atoms with van der Waals surface area (Å²) in [7, 11) is 0. The standard InChI is InChI=1S/C18H27N5/c1-15(2)23-8-7-20-18(23)14-22-11-9-21(10-12-22)13-17-16(3)5-4-6-19-17/h4-8,15H,9-14H2,1-3H3. The third-order valence-electron chi connectivity index (χ3n) is 4.63. The fourth-order valence-corrected chi connectivity index (χ4v) is 3.14. The van der Waals surface area contributed by atoms with Crippen molar-refractivity contribution in [3.05, 3.63) is 47.8 Å². The van der Waals surface area contributed by atoms with Gasteiger partial charge in [0, 0.05) is 57.4 Å². The molecule has 1 fully saturated rings. The van der Waals surface area contributed by atoms with Crippen LogP contribution >= 0.6 is 0 Å². The third-order valence-corrected chi connectivity index (χ3v) is 4.63. The summed E-state index contributed by atoms with van der Waals surface area (Å²) in [6.45, 7) is 12.8. The predicted molar refractivity (Wildman–Crippen MR) is 92.1 cm³/mol. The lowest BCUT2D eigenvalue weighted by Crippen LogP contribution is -2.45. The number of rotatable bonds is 5. The van der Waals surface area contributed by atoms with Crippen molar-refractivity contribution in [2.45, 2.75) is 39.9 Å². The van der Waals surface area contributed by atoms with Crippen LogP contribution < -0.4 is 0 Å². The molecular formula is C18H27N5. The fourth-order valence-electron chi connectivity index (χ4n) is 3.14. The molecule has 0 spiro atoms. The Labute approximate surface area is 139 Å². The van der Waals surface area contributed by atoms with Crippen molar-refractivity contribution in [1.29, 1.82) is 0 Å². The van der Waals surface area contributed by atoms with E-state index >= 15 is 0 Å². The Morgan fingerprint density at radius 2 is 1.70 bits per heavy atom. The number of pyridine rings is 1. The van der Waals surface area contributed by atoms with Gasteiger partial charge in [0.05, 0.1) is 12.2 Å². The lowest BCUT2D eigenvalue weighted by molar-refractivity contribution is 0.117. The highest BCUT2D eigenvalue weighted by Crippen LogP contribution is 2.14. The van der Waals surface area contributed by atoms with Crippen LogP contribution in [-0.4, -0.2) is 50.5 Å². The SMILES string of the molecule is Cc1cccnc1CN1CCN(Cc2nccn2C(C)C)CC1. The molecule has 0 aliphatic carbocycles. The van der Waals surface area contributed by atoms with Crippen LogP contribution in [0.2, 0.25) is 0 Å². The molecule has 0 radical (unpaired) electrons. The first-order chi connectivity index (χ1) is 11.1. The van der Waals surface area contributed by atoms with Gasteiger partial charge in [-0.2, -0.15) is 0 Å². The van der Waals surface area contributed by atoms with E-state index in [1.807, 2.05) is 18.5 Å². The molecule has 0 amide bonds. The van der Waals surface area contributed by atoms with Gasteiger partial charge in [-0.1, -0.05) is 6.07 Å². The van der Waals surface area contributed by atoms with Gasteiger partial charge in [0.1, 0.15) is 5.82 Å². The van der Waals surface area contributed by atoms with Crippen LogP contribution in [0.3, 0.4) is 0 Å². The summed E-state index contributed by atoms with van der Waals surface area (Å²) in [5.41, 5.74) is 2.49. The van der Waals surface area contributed by atoms with E-state index in [9.17, 15) is 0 Å². The molecule has 3 heterocycles. The van der Waals surface area contributed by atoms with E-state index in [0.29, 0.717) is 6.04 Å². The average Bonchev–Trinajstić information content (AvgIpc) is 3.00. The van der Waals surface area contributed by atoms with Crippen LogP contribution in [-0.2, 0) is 13.1 Å². The Bertz CT molecular complexity index is 626. The van der Waals surface area contributed by atoms with Gasteiger partial charge >= 0.3 is 0 Å². The van der Waals surface area contributed by atoms with Crippen molar-refractivity contribution in [1.82, 2.24) is 24.3 Å². The van der Waals surface area contributed by atoms with Crippen molar-refractivity contribution in [2.75, 3.05) is 26.2 Å². The fraction of sp³-hybridized carbons (Fsp3) is 0.556. The van der Waals surface area contributed by atoms with Gasteiger partial charge in [-0.05, 0) is 32.4 Å². The molecule has 23 heavy (non-hydrogen) atoms. The Kier molecular flexibility index (Phi) is 5.08. The topological polar surface area (TPSA) is 37.2 Å². The summed E-state index contributed by atoms with van der Waals surface area (Å²) >= 11 is 0. The molecule has 1 aliphatic rings. The number of aryl methyl sites for hydroxylation is 1. The van der Waals surface area contributed by atoms with Gasteiger partial charge in [0.2, 0.25) is 0 Å². The Morgan fingerprint density at radius 3 is 2.35 bits per heavy atom. The van der Waals surface area contributed by atoms with E-state index in [4.69, 9.17) is 0 Å². The maximum atomic E-state index is 4.53. The summed E-state index contributed by atoms with van der Waals surface area (Å²) in [5.74, 6) is 1.18.